The molecule has 2 saturated heterocycles. The van der Waals surface area contributed by atoms with Gasteiger partial charge in [0.15, 0.2) is 0 Å². The molecule has 3 heterocycles. The molecule has 0 spiro atoms. The molecule has 1 unspecified atom stereocenters. The molecule has 4 rings (SSSR count). The molecule has 27 heavy (non-hydrogen) atoms. The zero-order valence-electron chi connectivity index (χ0n) is 15.6. The fraction of sp³-hybridized carbons (Fsp3) is 0.500. The number of aryl methyl sites for hydroxylation is 1. The summed E-state index contributed by atoms with van der Waals surface area (Å²) in [6.07, 6.45) is 1.85. The first-order valence-electron chi connectivity index (χ1n) is 9.51. The monoisotopic (exact) mass is 406 g/mol. The Morgan fingerprint density at radius 3 is 2.56 bits per heavy atom. The lowest BCUT2D eigenvalue weighted by molar-refractivity contribution is 0.190. The molecule has 1 aromatic carbocycles. The summed E-state index contributed by atoms with van der Waals surface area (Å²) in [4.78, 5) is 2.40. The van der Waals surface area contributed by atoms with E-state index >= 15 is 0 Å². The van der Waals surface area contributed by atoms with Crippen molar-refractivity contribution >= 4 is 21.8 Å². The summed E-state index contributed by atoms with van der Waals surface area (Å²) in [7, 11) is -3.49. The highest BCUT2D eigenvalue weighted by molar-refractivity contribution is 7.99. The zero-order valence-corrected chi connectivity index (χ0v) is 17.3. The Kier molecular flexibility index (Phi) is 5.64. The van der Waals surface area contributed by atoms with Crippen LogP contribution in [0.5, 0.6) is 0 Å². The SMILES string of the molecule is Cc1ccc(C2CSCCN2Cc2ccc(S(=O)(=O)N3CCCC3)o2)cc1. The van der Waals surface area contributed by atoms with Gasteiger partial charge in [-0.05, 0) is 37.5 Å². The quantitative estimate of drug-likeness (QED) is 0.758. The molecule has 0 bridgehead atoms. The van der Waals surface area contributed by atoms with E-state index in [4.69, 9.17) is 4.42 Å². The van der Waals surface area contributed by atoms with E-state index in [0.717, 1.165) is 36.7 Å². The minimum Gasteiger partial charge on any atom is -0.447 e. The van der Waals surface area contributed by atoms with Crippen molar-refractivity contribution in [3.05, 3.63) is 53.3 Å². The molecule has 1 atom stereocenters. The number of hydrogen-bond donors (Lipinski definition) is 0. The number of thioether (sulfide) groups is 1. The lowest BCUT2D eigenvalue weighted by Gasteiger charge is -2.35. The predicted molar refractivity (Wildman–Crippen MR) is 108 cm³/mol. The Bertz CT molecular complexity index is 871. The van der Waals surface area contributed by atoms with Gasteiger partial charge in [0.05, 0.1) is 6.54 Å². The second kappa shape index (κ2) is 7.99. The molecule has 146 valence electrons. The molecule has 2 aromatic rings. The highest BCUT2D eigenvalue weighted by Crippen LogP contribution is 2.32. The number of rotatable bonds is 5. The van der Waals surface area contributed by atoms with E-state index in [9.17, 15) is 8.42 Å². The first kappa shape index (κ1) is 19.1. The second-order valence-electron chi connectivity index (χ2n) is 7.30. The summed E-state index contributed by atoms with van der Waals surface area (Å²) in [5, 5.41) is 0.0812. The van der Waals surface area contributed by atoms with E-state index in [-0.39, 0.29) is 5.09 Å². The van der Waals surface area contributed by atoms with Crippen LogP contribution in [0.15, 0.2) is 45.9 Å². The van der Waals surface area contributed by atoms with Crippen LogP contribution in [0.2, 0.25) is 0 Å². The number of hydrogen-bond acceptors (Lipinski definition) is 5. The third kappa shape index (κ3) is 4.11. The van der Waals surface area contributed by atoms with Crippen molar-refractivity contribution in [2.75, 3.05) is 31.1 Å². The zero-order chi connectivity index (χ0) is 18.9. The van der Waals surface area contributed by atoms with Crippen LogP contribution in [-0.4, -0.2) is 48.8 Å². The Morgan fingerprint density at radius 2 is 1.81 bits per heavy atom. The smallest absolute Gasteiger partial charge is 0.276 e. The van der Waals surface area contributed by atoms with Crippen LogP contribution >= 0.6 is 11.8 Å². The Morgan fingerprint density at radius 1 is 1.07 bits per heavy atom. The lowest BCUT2D eigenvalue weighted by Crippen LogP contribution is -2.35. The van der Waals surface area contributed by atoms with Gasteiger partial charge in [0, 0.05) is 37.2 Å². The molecule has 0 aliphatic carbocycles. The Balaban J connectivity index is 1.51. The summed E-state index contributed by atoms with van der Waals surface area (Å²) in [6.45, 7) is 4.89. The summed E-state index contributed by atoms with van der Waals surface area (Å²) in [6, 6.07) is 12.5. The molecular formula is C20H26N2O3S2. The van der Waals surface area contributed by atoms with E-state index in [1.54, 1.807) is 6.07 Å². The van der Waals surface area contributed by atoms with Crippen molar-refractivity contribution < 1.29 is 12.8 Å². The highest BCUT2D eigenvalue weighted by Gasteiger charge is 2.31. The van der Waals surface area contributed by atoms with Gasteiger partial charge in [0.2, 0.25) is 5.09 Å². The van der Waals surface area contributed by atoms with Gasteiger partial charge in [-0.2, -0.15) is 16.1 Å². The van der Waals surface area contributed by atoms with Crippen LogP contribution in [0.25, 0.3) is 0 Å². The van der Waals surface area contributed by atoms with Gasteiger partial charge < -0.3 is 4.42 Å². The van der Waals surface area contributed by atoms with Crippen LogP contribution in [0, 0.1) is 6.92 Å². The van der Waals surface area contributed by atoms with Gasteiger partial charge in [0.25, 0.3) is 10.0 Å². The Hall–Kier alpha value is -1.28. The largest absolute Gasteiger partial charge is 0.447 e. The molecule has 5 nitrogen and oxygen atoms in total. The van der Waals surface area contributed by atoms with E-state index in [0.29, 0.717) is 25.7 Å². The first-order valence-corrected chi connectivity index (χ1v) is 12.1. The van der Waals surface area contributed by atoms with Crippen molar-refractivity contribution in [1.29, 1.82) is 0 Å². The topological polar surface area (TPSA) is 53.8 Å². The maximum atomic E-state index is 12.7. The van der Waals surface area contributed by atoms with Gasteiger partial charge in [-0.3, -0.25) is 4.90 Å². The average molecular weight is 407 g/mol. The van der Waals surface area contributed by atoms with E-state index in [2.05, 4.69) is 36.1 Å². The maximum Gasteiger partial charge on any atom is 0.276 e. The number of sulfonamides is 1. The fourth-order valence-electron chi connectivity index (χ4n) is 3.76. The van der Waals surface area contributed by atoms with Gasteiger partial charge >= 0.3 is 0 Å². The molecule has 1 aromatic heterocycles. The fourth-order valence-corrected chi connectivity index (χ4v) is 6.36. The van der Waals surface area contributed by atoms with Crippen LogP contribution in [0.4, 0.5) is 0 Å². The predicted octanol–water partition coefficient (Wildman–Crippen LogP) is 3.66. The number of furan rings is 1. The molecule has 2 fully saturated rings. The number of benzene rings is 1. The standard InChI is InChI=1S/C20H26N2O3S2/c1-16-4-6-17(7-5-16)19-15-26-13-12-21(19)14-18-8-9-20(25-18)27(23,24)22-10-2-3-11-22/h4-9,19H,2-3,10-15H2,1H3. The molecule has 0 N–H and O–H groups in total. The average Bonchev–Trinajstić information content (AvgIpc) is 3.36. The van der Waals surface area contributed by atoms with E-state index in [1.165, 1.54) is 15.4 Å². The minimum atomic E-state index is -3.49. The normalized spacial score (nSPS) is 22.3. The van der Waals surface area contributed by atoms with Crippen LogP contribution in [0.3, 0.4) is 0 Å². The Labute approximate surface area is 165 Å². The lowest BCUT2D eigenvalue weighted by atomic mass is 10.0. The third-order valence-corrected chi connectivity index (χ3v) is 8.15. The molecule has 0 radical (unpaired) electrons. The van der Waals surface area contributed by atoms with Gasteiger partial charge in [-0.25, -0.2) is 8.42 Å². The minimum absolute atomic E-state index is 0.0812. The van der Waals surface area contributed by atoms with E-state index < -0.39 is 10.0 Å². The molecule has 2 aliphatic rings. The van der Waals surface area contributed by atoms with Crippen LogP contribution in [-0.2, 0) is 16.6 Å². The summed E-state index contributed by atoms with van der Waals surface area (Å²) in [5.41, 5.74) is 2.57. The maximum absolute atomic E-state index is 12.7. The van der Waals surface area contributed by atoms with E-state index in [1.807, 2.05) is 17.8 Å². The highest BCUT2D eigenvalue weighted by atomic mass is 32.2. The van der Waals surface area contributed by atoms with Crippen LogP contribution < -0.4 is 0 Å². The molecule has 2 aliphatic heterocycles. The van der Waals surface area contributed by atoms with Crippen molar-refractivity contribution in [3.63, 3.8) is 0 Å². The van der Waals surface area contributed by atoms with Crippen molar-refractivity contribution in [1.82, 2.24) is 9.21 Å². The van der Waals surface area contributed by atoms with Gasteiger partial charge in [-0.1, -0.05) is 29.8 Å². The molecule has 0 amide bonds. The van der Waals surface area contributed by atoms with Crippen molar-refractivity contribution in [2.24, 2.45) is 0 Å². The summed E-state index contributed by atoms with van der Waals surface area (Å²) >= 11 is 1.97. The number of nitrogens with zero attached hydrogens (tertiary/aromatic N) is 2. The molecule has 0 saturated carbocycles. The second-order valence-corrected chi connectivity index (χ2v) is 10.3. The summed E-state index contributed by atoms with van der Waals surface area (Å²) in [5.74, 6) is 2.85. The van der Waals surface area contributed by atoms with Crippen LogP contribution in [0.1, 0.15) is 35.8 Å². The van der Waals surface area contributed by atoms with Crippen molar-refractivity contribution in [2.45, 2.75) is 37.4 Å². The molecule has 7 heteroatoms. The summed E-state index contributed by atoms with van der Waals surface area (Å²) < 4.78 is 32.7. The van der Waals surface area contributed by atoms with Crippen molar-refractivity contribution in [3.8, 4) is 0 Å². The van der Waals surface area contributed by atoms with Gasteiger partial charge in [0.1, 0.15) is 5.76 Å². The third-order valence-electron chi connectivity index (χ3n) is 5.36. The molecular weight excluding hydrogens is 380 g/mol. The first-order chi connectivity index (χ1) is 13.0. The van der Waals surface area contributed by atoms with Gasteiger partial charge in [-0.15, -0.1) is 0 Å².